The molecule has 0 N–H and O–H groups in total. The summed E-state index contributed by atoms with van der Waals surface area (Å²) in [6, 6.07) is 0. The normalized spacial score (nSPS) is 24.4. The molecule has 1 aliphatic carbocycles. The second-order valence-electron chi connectivity index (χ2n) is 5.04. The molecule has 0 aromatic heterocycles. The van der Waals surface area contributed by atoms with Crippen LogP contribution in [0.25, 0.3) is 0 Å². The van der Waals surface area contributed by atoms with E-state index in [0.717, 1.165) is 6.92 Å². The van der Waals surface area contributed by atoms with Gasteiger partial charge in [0.1, 0.15) is 0 Å². The zero-order valence-electron chi connectivity index (χ0n) is 9.91. The smallest absolute Gasteiger partial charge is 0.207 e. The van der Waals surface area contributed by atoms with Gasteiger partial charge >= 0.3 is 0 Å². The van der Waals surface area contributed by atoms with Crippen molar-refractivity contribution in [2.45, 2.75) is 64.2 Å². The van der Waals surface area contributed by atoms with Crippen LogP contribution in [0.5, 0.6) is 0 Å². The van der Waals surface area contributed by atoms with Crippen LogP contribution in [-0.2, 0) is 0 Å². The monoisotopic (exact) mass is 240 g/mol. The average Bonchev–Trinajstić information content (AvgIpc) is 2.13. The fraction of sp³-hybridized carbons (Fsp3) is 1.00. The summed E-state index contributed by atoms with van der Waals surface area (Å²) in [5.41, 5.74) is 0. The Morgan fingerprint density at radius 3 is 2.12 bits per heavy atom. The van der Waals surface area contributed by atoms with Crippen molar-refractivity contribution in [3.05, 3.63) is 0 Å². The van der Waals surface area contributed by atoms with E-state index in [0.29, 0.717) is 12.8 Å². The van der Waals surface area contributed by atoms with E-state index in [2.05, 4.69) is 0 Å². The summed E-state index contributed by atoms with van der Waals surface area (Å²) in [5.74, 6) is -6.34. The van der Waals surface area contributed by atoms with Gasteiger partial charge in [-0.3, -0.25) is 0 Å². The molecule has 0 bridgehead atoms. The maximum atomic E-state index is 13.4. The van der Waals surface area contributed by atoms with Crippen LogP contribution in [0, 0.1) is 11.8 Å². The molecule has 4 heteroatoms. The van der Waals surface area contributed by atoms with Gasteiger partial charge in [0, 0.05) is 18.8 Å². The summed E-state index contributed by atoms with van der Waals surface area (Å²) in [7, 11) is 0. The molecule has 1 fully saturated rings. The second kappa shape index (κ2) is 4.92. The molecule has 1 aliphatic rings. The summed E-state index contributed by atoms with van der Waals surface area (Å²) in [5, 5.41) is 0. The molecule has 16 heavy (non-hydrogen) atoms. The predicted molar refractivity (Wildman–Crippen MR) is 55.9 cm³/mol. The van der Waals surface area contributed by atoms with E-state index in [9.17, 15) is 17.6 Å². The first-order valence-corrected chi connectivity index (χ1v) is 6.02. The van der Waals surface area contributed by atoms with Crippen molar-refractivity contribution in [1.29, 1.82) is 0 Å². The van der Waals surface area contributed by atoms with Gasteiger partial charge in [0.05, 0.1) is 0 Å². The Bertz CT molecular complexity index is 210. The largest absolute Gasteiger partial charge is 0.248 e. The number of halogens is 4. The van der Waals surface area contributed by atoms with E-state index in [-0.39, 0.29) is 31.6 Å². The Morgan fingerprint density at radius 1 is 1.25 bits per heavy atom. The minimum atomic E-state index is -2.74. The minimum Gasteiger partial charge on any atom is -0.207 e. The van der Waals surface area contributed by atoms with Crippen LogP contribution in [0.3, 0.4) is 0 Å². The minimum absolute atomic E-state index is 0.228. The lowest BCUT2D eigenvalue weighted by molar-refractivity contribution is -0.102. The van der Waals surface area contributed by atoms with Gasteiger partial charge in [-0.25, -0.2) is 17.6 Å². The lowest BCUT2D eigenvalue weighted by Gasteiger charge is -2.36. The third kappa shape index (κ3) is 3.63. The highest BCUT2D eigenvalue weighted by Gasteiger charge is 2.44. The molecule has 0 aromatic rings. The fourth-order valence-electron chi connectivity index (χ4n) is 2.68. The van der Waals surface area contributed by atoms with E-state index in [4.69, 9.17) is 0 Å². The Hall–Kier alpha value is -0.280. The Labute approximate surface area is 94.4 Å². The molecule has 96 valence electrons. The summed E-state index contributed by atoms with van der Waals surface area (Å²) in [6.07, 6.45) is 1.13. The highest BCUT2D eigenvalue weighted by atomic mass is 19.3. The first kappa shape index (κ1) is 13.8. The fourth-order valence-corrected chi connectivity index (χ4v) is 2.68. The number of hydrogen-bond acceptors (Lipinski definition) is 0. The molecule has 0 aromatic carbocycles. The van der Waals surface area contributed by atoms with E-state index in [1.165, 1.54) is 0 Å². The summed E-state index contributed by atoms with van der Waals surface area (Å²) >= 11 is 0. The third-order valence-corrected chi connectivity index (χ3v) is 3.58. The highest BCUT2D eigenvalue weighted by molar-refractivity contribution is 4.86. The predicted octanol–water partition coefficient (Wildman–Crippen LogP) is 4.88. The highest BCUT2D eigenvalue weighted by Crippen LogP contribution is 2.44. The van der Waals surface area contributed by atoms with E-state index < -0.39 is 17.8 Å². The molecule has 0 aliphatic heterocycles. The zero-order chi connectivity index (χ0) is 12.4. The van der Waals surface area contributed by atoms with Crippen LogP contribution >= 0.6 is 0 Å². The van der Waals surface area contributed by atoms with Crippen LogP contribution in [0.1, 0.15) is 52.4 Å². The van der Waals surface area contributed by atoms with Crippen LogP contribution in [0.4, 0.5) is 17.6 Å². The Kier molecular flexibility index (Phi) is 4.24. The van der Waals surface area contributed by atoms with Gasteiger partial charge in [-0.2, -0.15) is 0 Å². The quantitative estimate of drug-likeness (QED) is 0.614. The molecule has 1 rings (SSSR count). The topological polar surface area (TPSA) is 0 Å². The lowest BCUT2D eigenvalue weighted by atomic mass is 9.74. The van der Waals surface area contributed by atoms with Crippen LogP contribution in [-0.4, -0.2) is 11.8 Å². The SMILES string of the molecule is CCCC(C1CCC(F)(F)CC1)C(C)(F)F. The van der Waals surface area contributed by atoms with Gasteiger partial charge in [-0.05, 0) is 32.1 Å². The van der Waals surface area contributed by atoms with Crippen molar-refractivity contribution < 1.29 is 17.6 Å². The maximum Gasteiger partial charge on any atom is 0.248 e. The van der Waals surface area contributed by atoms with Gasteiger partial charge in [-0.1, -0.05) is 13.3 Å². The van der Waals surface area contributed by atoms with Crippen molar-refractivity contribution in [1.82, 2.24) is 0 Å². The molecule has 1 saturated carbocycles. The molecule has 0 heterocycles. The zero-order valence-corrected chi connectivity index (χ0v) is 9.91. The first-order chi connectivity index (χ1) is 7.26. The molecule has 0 radical (unpaired) electrons. The Morgan fingerprint density at radius 2 is 1.75 bits per heavy atom. The standard InChI is InChI=1S/C12H20F4/c1-3-4-10(11(2,13)14)9-5-7-12(15,16)8-6-9/h9-10H,3-8H2,1-2H3. The number of rotatable bonds is 4. The van der Waals surface area contributed by atoms with Crippen LogP contribution in [0.2, 0.25) is 0 Å². The van der Waals surface area contributed by atoms with E-state index in [1.807, 2.05) is 6.92 Å². The van der Waals surface area contributed by atoms with Gasteiger partial charge in [0.25, 0.3) is 0 Å². The van der Waals surface area contributed by atoms with Crippen LogP contribution < -0.4 is 0 Å². The summed E-state index contributed by atoms with van der Waals surface area (Å²) in [6.45, 7) is 2.77. The number of alkyl halides is 4. The van der Waals surface area contributed by atoms with Crippen LogP contribution in [0.15, 0.2) is 0 Å². The summed E-state index contributed by atoms with van der Waals surface area (Å²) < 4.78 is 52.6. The van der Waals surface area contributed by atoms with Gasteiger partial charge < -0.3 is 0 Å². The van der Waals surface area contributed by atoms with E-state index in [1.54, 1.807) is 0 Å². The number of hydrogen-bond donors (Lipinski definition) is 0. The molecule has 1 unspecified atom stereocenters. The van der Waals surface area contributed by atoms with Crippen molar-refractivity contribution in [3.8, 4) is 0 Å². The van der Waals surface area contributed by atoms with Crippen molar-refractivity contribution in [2.75, 3.05) is 0 Å². The average molecular weight is 240 g/mol. The van der Waals surface area contributed by atoms with Crippen molar-refractivity contribution in [2.24, 2.45) is 11.8 Å². The van der Waals surface area contributed by atoms with Crippen molar-refractivity contribution in [3.63, 3.8) is 0 Å². The third-order valence-electron chi connectivity index (χ3n) is 3.58. The van der Waals surface area contributed by atoms with E-state index >= 15 is 0 Å². The molecule has 0 saturated heterocycles. The van der Waals surface area contributed by atoms with Gasteiger partial charge in [0.15, 0.2) is 0 Å². The second-order valence-corrected chi connectivity index (χ2v) is 5.04. The molecule has 0 amide bonds. The molecule has 1 atom stereocenters. The summed E-state index contributed by atoms with van der Waals surface area (Å²) in [4.78, 5) is 0. The van der Waals surface area contributed by atoms with Gasteiger partial charge in [-0.15, -0.1) is 0 Å². The van der Waals surface area contributed by atoms with Crippen molar-refractivity contribution >= 4 is 0 Å². The Balaban J connectivity index is 2.61. The first-order valence-electron chi connectivity index (χ1n) is 6.02. The molecule has 0 spiro atoms. The molecule has 0 nitrogen and oxygen atoms in total. The molecular weight excluding hydrogens is 220 g/mol. The maximum absolute atomic E-state index is 13.4. The lowest BCUT2D eigenvalue weighted by Crippen LogP contribution is -2.36. The molecular formula is C12H20F4. The van der Waals surface area contributed by atoms with Gasteiger partial charge in [0.2, 0.25) is 11.8 Å².